The number of fused-ring (bicyclic) bond motifs is 1. The van der Waals surface area contributed by atoms with E-state index in [1.165, 1.54) is 5.56 Å². The SMILES string of the molecule is Cc1ccc(-c2oc3c(C)c(C)c(C)c(O)c3c(=O)c2C)cc1C. The minimum absolute atomic E-state index is 0.0246. The van der Waals surface area contributed by atoms with Crippen LogP contribution >= 0.6 is 0 Å². The van der Waals surface area contributed by atoms with Gasteiger partial charge in [-0.25, -0.2) is 0 Å². The molecule has 24 heavy (non-hydrogen) atoms. The number of hydrogen-bond donors (Lipinski definition) is 1. The van der Waals surface area contributed by atoms with E-state index >= 15 is 0 Å². The third-order valence-electron chi connectivity index (χ3n) is 5.17. The molecule has 124 valence electrons. The minimum Gasteiger partial charge on any atom is -0.507 e. The molecule has 0 aliphatic carbocycles. The van der Waals surface area contributed by atoms with Gasteiger partial charge in [0.05, 0.1) is 0 Å². The lowest BCUT2D eigenvalue weighted by atomic mass is 9.96. The second kappa shape index (κ2) is 5.52. The van der Waals surface area contributed by atoms with Crippen LogP contribution in [0, 0.1) is 41.5 Å². The Morgan fingerprint density at radius 1 is 0.833 bits per heavy atom. The van der Waals surface area contributed by atoms with Gasteiger partial charge in [0.1, 0.15) is 22.5 Å². The molecule has 0 atom stereocenters. The van der Waals surface area contributed by atoms with Gasteiger partial charge in [-0.05, 0) is 75.4 Å². The highest BCUT2D eigenvalue weighted by molar-refractivity contribution is 5.90. The molecule has 0 amide bonds. The largest absolute Gasteiger partial charge is 0.507 e. The molecule has 0 bridgehead atoms. The van der Waals surface area contributed by atoms with Crippen molar-refractivity contribution in [1.29, 1.82) is 0 Å². The summed E-state index contributed by atoms with van der Waals surface area (Å²) in [7, 11) is 0. The first kappa shape index (κ1) is 16.3. The molecular weight excluding hydrogens is 300 g/mol. The summed E-state index contributed by atoms with van der Waals surface area (Å²) >= 11 is 0. The van der Waals surface area contributed by atoms with E-state index in [2.05, 4.69) is 6.92 Å². The average Bonchev–Trinajstić information content (AvgIpc) is 2.56. The number of hydrogen-bond acceptors (Lipinski definition) is 3. The quantitative estimate of drug-likeness (QED) is 0.684. The Kier molecular flexibility index (Phi) is 3.75. The number of aryl methyl sites for hydroxylation is 3. The van der Waals surface area contributed by atoms with Crippen LogP contribution in [0.2, 0.25) is 0 Å². The lowest BCUT2D eigenvalue weighted by Crippen LogP contribution is -2.09. The normalized spacial score (nSPS) is 11.2. The van der Waals surface area contributed by atoms with Crippen molar-refractivity contribution in [2.75, 3.05) is 0 Å². The Morgan fingerprint density at radius 3 is 2.12 bits per heavy atom. The van der Waals surface area contributed by atoms with Crippen LogP contribution in [-0.2, 0) is 0 Å². The van der Waals surface area contributed by atoms with Gasteiger partial charge in [-0.1, -0.05) is 12.1 Å². The molecule has 0 radical (unpaired) electrons. The fourth-order valence-corrected chi connectivity index (χ4v) is 3.08. The van der Waals surface area contributed by atoms with Crippen molar-refractivity contribution in [3.63, 3.8) is 0 Å². The van der Waals surface area contributed by atoms with E-state index in [9.17, 15) is 9.90 Å². The van der Waals surface area contributed by atoms with Crippen molar-refractivity contribution in [2.45, 2.75) is 41.5 Å². The molecule has 1 heterocycles. The van der Waals surface area contributed by atoms with Crippen LogP contribution in [0.15, 0.2) is 27.4 Å². The van der Waals surface area contributed by atoms with E-state index in [1.54, 1.807) is 6.92 Å². The predicted octanol–water partition coefficient (Wildman–Crippen LogP) is 5.02. The molecule has 0 aliphatic heterocycles. The van der Waals surface area contributed by atoms with E-state index in [0.29, 0.717) is 16.9 Å². The molecule has 3 aromatic rings. The Bertz CT molecular complexity index is 1040. The van der Waals surface area contributed by atoms with Crippen LogP contribution in [0.5, 0.6) is 5.75 Å². The molecule has 0 saturated heterocycles. The van der Waals surface area contributed by atoms with Crippen molar-refractivity contribution in [1.82, 2.24) is 0 Å². The number of rotatable bonds is 1. The van der Waals surface area contributed by atoms with E-state index in [4.69, 9.17) is 4.42 Å². The van der Waals surface area contributed by atoms with Crippen molar-refractivity contribution >= 4 is 11.0 Å². The minimum atomic E-state index is -0.173. The summed E-state index contributed by atoms with van der Waals surface area (Å²) in [6.45, 7) is 11.5. The number of phenolic OH excluding ortho intramolecular Hbond substituents is 1. The third kappa shape index (κ3) is 2.23. The molecule has 0 aliphatic rings. The van der Waals surface area contributed by atoms with Crippen LogP contribution in [-0.4, -0.2) is 5.11 Å². The van der Waals surface area contributed by atoms with Crippen LogP contribution in [0.1, 0.15) is 33.4 Å². The average molecular weight is 322 g/mol. The second-order valence-corrected chi connectivity index (χ2v) is 6.61. The Morgan fingerprint density at radius 2 is 1.50 bits per heavy atom. The molecule has 3 nitrogen and oxygen atoms in total. The molecule has 0 fully saturated rings. The second-order valence-electron chi connectivity index (χ2n) is 6.61. The molecule has 1 N–H and O–H groups in total. The zero-order valence-corrected chi connectivity index (χ0v) is 15.0. The van der Waals surface area contributed by atoms with Crippen LogP contribution in [0.3, 0.4) is 0 Å². The summed E-state index contributed by atoms with van der Waals surface area (Å²) < 4.78 is 6.14. The van der Waals surface area contributed by atoms with Gasteiger partial charge in [0.25, 0.3) is 0 Å². The van der Waals surface area contributed by atoms with Crippen LogP contribution < -0.4 is 5.43 Å². The predicted molar refractivity (Wildman–Crippen MR) is 98.0 cm³/mol. The summed E-state index contributed by atoms with van der Waals surface area (Å²) in [4.78, 5) is 12.9. The Balaban J connectivity index is 2.46. The lowest BCUT2D eigenvalue weighted by molar-refractivity contribution is 0.474. The molecule has 3 heteroatoms. The van der Waals surface area contributed by atoms with Gasteiger partial charge in [0.2, 0.25) is 0 Å². The lowest BCUT2D eigenvalue weighted by Gasteiger charge is -2.14. The maximum absolute atomic E-state index is 12.9. The molecule has 0 saturated carbocycles. The Hall–Kier alpha value is -2.55. The highest BCUT2D eigenvalue weighted by atomic mass is 16.3. The topological polar surface area (TPSA) is 50.4 Å². The van der Waals surface area contributed by atoms with E-state index in [0.717, 1.165) is 27.8 Å². The molecule has 0 unspecified atom stereocenters. The summed E-state index contributed by atoms with van der Waals surface area (Å²) in [5.41, 5.74) is 6.60. The van der Waals surface area contributed by atoms with Gasteiger partial charge >= 0.3 is 0 Å². The smallest absolute Gasteiger partial charge is 0.199 e. The van der Waals surface area contributed by atoms with Gasteiger partial charge < -0.3 is 9.52 Å². The van der Waals surface area contributed by atoms with Gasteiger partial charge in [-0.2, -0.15) is 0 Å². The summed E-state index contributed by atoms with van der Waals surface area (Å²) in [5.74, 6) is 0.595. The number of phenols is 1. The monoisotopic (exact) mass is 322 g/mol. The first-order valence-corrected chi connectivity index (χ1v) is 8.07. The maximum Gasteiger partial charge on any atom is 0.199 e. The Labute approximate surface area is 141 Å². The summed E-state index contributed by atoms with van der Waals surface area (Å²) in [5, 5.41) is 10.7. The zero-order valence-electron chi connectivity index (χ0n) is 15.0. The highest BCUT2D eigenvalue weighted by Crippen LogP contribution is 2.36. The zero-order chi connectivity index (χ0) is 17.8. The fraction of sp³-hybridized carbons (Fsp3) is 0.286. The van der Waals surface area contributed by atoms with Crippen molar-refractivity contribution in [3.8, 4) is 17.1 Å². The van der Waals surface area contributed by atoms with Crippen molar-refractivity contribution in [3.05, 3.63) is 61.8 Å². The number of benzene rings is 2. The first-order chi connectivity index (χ1) is 11.2. The van der Waals surface area contributed by atoms with Crippen molar-refractivity contribution in [2.24, 2.45) is 0 Å². The van der Waals surface area contributed by atoms with E-state index < -0.39 is 0 Å². The summed E-state index contributed by atoms with van der Waals surface area (Å²) in [6, 6.07) is 6.03. The standard InChI is InChI=1S/C21H22O3/c1-10-7-8-16(9-11(10)2)20-15(6)19(23)17-18(22)13(4)12(3)14(5)21(17)24-20/h7-9,22H,1-6H3. The first-order valence-electron chi connectivity index (χ1n) is 8.07. The van der Waals surface area contributed by atoms with Gasteiger partial charge in [0.15, 0.2) is 5.43 Å². The number of aromatic hydroxyl groups is 1. The van der Waals surface area contributed by atoms with Gasteiger partial charge in [-0.15, -0.1) is 0 Å². The maximum atomic E-state index is 12.9. The summed E-state index contributed by atoms with van der Waals surface area (Å²) in [6.07, 6.45) is 0. The fourth-order valence-electron chi connectivity index (χ4n) is 3.08. The molecule has 1 aromatic heterocycles. The molecule has 3 rings (SSSR count). The van der Waals surface area contributed by atoms with Crippen LogP contribution in [0.4, 0.5) is 0 Å². The van der Waals surface area contributed by atoms with Crippen LogP contribution in [0.25, 0.3) is 22.3 Å². The molecular formula is C21H22O3. The van der Waals surface area contributed by atoms with Gasteiger partial charge in [0, 0.05) is 11.1 Å². The molecule has 0 spiro atoms. The molecule has 2 aromatic carbocycles. The van der Waals surface area contributed by atoms with E-state index in [-0.39, 0.29) is 16.6 Å². The van der Waals surface area contributed by atoms with Crippen molar-refractivity contribution < 1.29 is 9.52 Å². The highest BCUT2D eigenvalue weighted by Gasteiger charge is 2.20. The van der Waals surface area contributed by atoms with Gasteiger partial charge in [-0.3, -0.25) is 4.79 Å². The van der Waals surface area contributed by atoms with E-state index in [1.807, 2.05) is 45.9 Å². The third-order valence-corrected chi connectivity index (χ3v) is 5.17.